The van der Waals surface area contributed by atoms with Crippen LogP contribution in [0.15, 0.2) is 35.8 Å². The third-order valence-corrected chi connectivity index (χ3v) is 3.31. The first-order valence-corrected chi connectivity index (χ1v) is 7.03. The summed E-state index contributed by atoms with van der Waals surface area (Å²) < 4.78 is 5.62. The average molecular weight is 290 g/mol. The first-order chi connectivity index (χ1) is 9.72. The van der Waals surface area contributed by atoms with Gasteiger partial charge in [0.05, 0.1) is 0 Å². The minimum Gasteiger partial charge on any atom is -0.481 e. The lowest BCUT2D eigenvalue weighted by Crippen LogP contribution is -2.32. The Morgan fingerprint density at radius 2 is 2.20 bits per heavy atom. The number of thiazole rings is 1. The topological polar surface area (TPSA) is 68.3 Å². The van der Waals surface area contributed by atoms with Crippen LogP contribution in [0.4, 0.5) is 5.13 Å². The van der Waals surface area contributed by atoms with Gasteiger partial charge in [0, 0.05) is 17.1 Å². The van der Waals surface area contributed by atoms with Crippen LogP contribution in [0, 0.1) is 0 Å². The van der Waals surface area contributed by atoms with Crippen molar-refractivity contribution in [1.82, 2.24) is 4.98 Å². The van der Waals surface area contributed by atoms with Crippen LogP contribution >= 0.6 is 11.3 Å². The summed E-state index contributed by atoms with van der Waals surface area (Å²) in [6.45, 7) is 1.87. The number of aromatic nitrogens is 1. The van der Waals surface area contributed by atoms with Crippen LogP contribution < -0.4 is 10.1 Å². The molecule has 0 bridgehead atoms. The summed E-state index contributed by atoms with van der Waals surface area (Å²) >= 11 is 1.35. The molecule has 1 aromatic carbocycles. The van der Waals surface area contributed by atoms with Crippen LogP contribution in [-0.2, 0) is 4.79 Å². The molecule has 0 fully saturated rings. The Morgan fingerprint density at radius 1 is 1.45 bits per heavy atom. The Kier molecular flexibility index (Phi) is 4.84. The lowest BCUT2D eigenvalue weighted by molar-refractivity contribution is -0.122. The van der Waals surface area contributed by atoms with E-state index in [1.807, 2.05) is 6.92 Å². The van der Waals surface area contributed by atoms with E-state index >= 15 is 0 Å². The Labute approximate surface area is 120 Å². The molecule has 0 aliphatic carbocycles. The van der Waals surface area contributed by atoms with Crippen molar-refractivity contribution in [2.75, 3.05) is 5.32 Å². The van der Waals surface area contributed by atoms with Crippen molar-refractivity contribution in [3.05, 3.63) is 41.4 Å². The Hall–Kier alpha value is -2.21. The number of nitrogens with zero attached hydrogens (tertiary/aromatic N) is 1. The van der Waals surface area contributed by atoms with Crippen molar-refractivity contribution in [3.8, 4) is 5.75 Å². The van der Waals surface area contributed by atoms with Gasteiger partial charge in [-0.15, -0.1) is 11.3 Å². The van der Waals surface area contributed by atoms with Crippen LogP contribution in [0.5, 0.6) is 5.75 Å². The van der Waals surface area contributed by atoms with Crippen molar-refractivity contribution in [3.63, 3.8) is 0 Å². The van der Waals surface area contributed by atoms with Gasteiger partial charge in [-0.3, -0.25) is 14.9 Å². The highest BCUT2D eigenvalue weighted by molar-refractivity contribution is 7.13. The third-order valence-electron chi connectivity index (χ3n) is 2.62. The highest BCUT2D eigenvalue weighted by Gasteiger charge is 2.19. The molecule has 1 N–H and O–H groups in total. The van der Waals surface area contributed by atoms with Crippen molar-refractivity contribution in [2.45, 2.75) is 19.4 Å². The van der Waals surface area contributed by atoms with Gasteiger partial charge >= 0.3 is 0 Å². The van der Waals surface area contributed by atoms with E-state index in [4.69, 9.17) is 4.74 Å². The smallest absolute Gasteiger partial charge is 0.267 e. The van der Waals surface area contributed by atoms with E-state index in [2.05, 4.69) is 10.3 Å². The molecule has 1 unspecified atom stereocenters. The molecule has 0 aliphatic rings. The van der Waals surface area contributed by atoms with Gasteiger partial charge in [0.15, 0.2) is 11.2 Å². The number of rotatable bonds is 6. The molecule has 0 saturated carbocycles. The normalized spacial score (nSPS) is 11.7. The average Bonchev–Trinajstić information content (AvgIpc) is 2.98. The first-order valence-electron chi connectivity index (χ1n) is 6.15. The van der Waals surface area contributed by atoms with Crippen molar-refractivity contribution < 1.29 is 14.3 Å². The predicted molar refractivity (Wildman–Crippen MR) is 77.3 cm³/mol. The maximum atomic E-state index is 12.0. The minimum atomic E-state index is -0.596. The molecule has 0 radical (unpaired) electrons. The molecule has 0 spiro atoms. The van der Waals surface area contributed by atoms with Crippen molar-refractivity contribution in [2.24, 2.45) is 0 Å². The van der Waals surface area contributed by atoms with E-state index in [1.54, 1.807) is 35.8 Å². The fourth-order valence-electron chi connectivity index (χ4n) is 1.58. The maximum absolute atomic E-state index is 12.0. The molecule has 0 aliphatic heterocycles. The quantitative estimate of drug-likeness (QED) is 0.831. The second-order valence-corrected chi connectivity index (χ2v) is 4.92. The van der Waals surface area contributed by atoms with Gasteiger partial charge in [0.1, 0.15) is 12.0 Å². The Bertz CT molecular complexity index is 567. The molecule has 1 amide bonds. The molecule has 104 valence electrons. The molecule has 0 saturated heterocycles. The van der Waals surface area contributed by atoms with Crippen LogP contribution in [0.3, 0.4) is 0 Å². The summed E-state index contributed by atoms with van der Waals surface area (Å²) in [5, 5.41) is 5.04. The van der Waals surface area contributed by atoms with Gasteiger partial charge in [-0.2, -0.15) is 0 Å². The second kappa shape index (κ2) is 6.81. The monoisotopic (exact) mass is 290 g/mol. The fourth-order valence-corrected chi connectivity index (χ4v) is 2.11. The van der Waals surface area contributed by atoms with E-state index in [0.29, 0.717) is 22.9 Å². The summed E-state index contributed by atoms with van der Waals surface area (Å²) in [5.41, 5.74) is 0.567. The van der Waals surface area contributed by atoms with Crippen LogP contribution in [0.25, 0.3) is 0 Å². The number of nitrogens with one attached hydrogen (secondary N) is 1. The van der Waals surface area contributed by atoms with Gasteiger partial charge < -0.3 is 4.74 Å². The SMILES string of the molecule is CCC(Oc1ccc(C=O)cc1)C(=O)Nc1nccs1. The zero-order chi connectivity index (χ0) is 14.4. The largest absolute Gasteiger partial charge is 0.481 e. The van der Waals surface area contributed by atoms with Crippen LogP contribution in [0.1, 0.15) is 23.7 Å². The molecule has 6 heteroatoms. The van der Waals surface area contributed by atoms with Crippen molar-refractivity contribution in [1.29, 1.82) is 0 Å². The lowest BCUT2D eigenvalue weighted by atomic mass is 10.2. The highest BCUT2D eigenvalue weighted by atomic mass is 32.1. The van der Waals surface area contributed by atoms with E-state index in [-0.39, 0.29) is 5.91 Å². The number of carbonyl (C=O) groups is 2. The summed E-state index contributed by atoms with van der Waals surface area (Å²) in [4.78, 5) is 26.6. The molecular weight excluding hydrogens is 276 g/mol. The Morgan fingerprint density at radius 3 is 2.75 bits per heavy atom. The van der Waals surface area contributed by atoms with Gasteiger partial charge in [-0.25, -0.2) is 4.98 Å². The summed E-state index contributed by atoms with van der Waals surface area (Å²) in [7, 11) is 0. The second-order valence-electron chi connectivity index (χ2n) is 4.03. The predicted octanol–water partition coefficient (Wildman–Crippen LogP) is 2.75. The molecule has 1 heterocycles. The van der Waals surface area contributed by atoms with Crippen LogP contribution in [-0.4, -0.2) is 23.3 Å². The van der Waals surface area contributed by atoms with Gasteiger partial charge in [-0.1, -0.05) is 6.92 Å². The van der Waals surface area contributed by atoms with Gasteiger partial charge in [-0.05, 0) is 30.7 Å². The number of hydrogen-bond acceptors (Lipinski definition) is 5. The molecule has 20 heavy (non-hydrogen) atoms. The van der Waals surface area contributed by atoms with Gasteiger partial charge in [0.25, 0.3) is 5.91 Å². The molecular formula is C14H14N2O3S. The minimum absolute atomic E-state index is 0.234. The highest BCUT2D eigenvalue weighted by Crippen LogP contribution is 2.16. The van der Waals surface area contributed by atoms with E-state index in [1.165, 1.54) is 11.3 Å². The summed E-state index contributed by atoms with van der Waals surface area (Å²) in [5.74, 6) is 0.318. The van der Waals surface area contributed by atoms with E-state index < -0.39 is 6.10 Å². The number of ether oxygens (including phenoxy) is 1. The molecule has 1 aromatic heterocycles. The molecule has 5 nitrogen and oxygen atoms in total. The van der Waals surface area contributed by atoms with Crippen molar-refractivity contribution >= 4 is 28.7 Å². The summed E-state index contributed by atoms with van der Waals surface area (Å²) in [6, 6.07) is 6.63. The number of benzene rings is 1. The number of anilines is 1. The van der Waals surface area contributed by atoms with E-state index in [9.17, 15) is 9.59 Å². The number of hydrogen-bond donors (Lipinski definition) is 1. The maximum Gasteiger partial charge on any atom is 0.267 e. The zero-order valence-electron chi connectivity index (χ0n) is 10.9. The zero-order valence-corrected chi connectivity index (χ0v) is 11.7. The van der Waals surface area contributed by atoms with Gasteiger partial charge in [0.2, 0.25) is 0 Å². The molecule has 2 rings (SSSR count). The molecule has 1 atom stereocenters. The van der Waals surface area contributed by atoms with E-state index in [0.717, 1.165) is 6.29 Å². The summed E-state index contributed by atoms with van der Waals surface area (Å²) in [6.07, 6.45) is 2.32. The Balaban J connectivity index is 2.00. The third kappa shape index (κ3) is 3.64. The first kappa shape index (κ1) is 14.2. The number of aldehydes is 1. The number of amides is 1. The lowest BCUT2D eigenvalue weighted by Gasteiger charge is -2.16. The standard InChI is InChI=1S/C14H14N2O3S/c1-2-12(13(18)16-14-15-7-8-20-14)19-11-5-3-10(9-17)4-6-11/h3-9,12H,2H2,1H3,(H,15,16,18). The number of carbonyl (C=O) groups excluding carboxylic acids is 2. The molecule has 2 aromatic rings. The van der Waals surface area contributed by atoms with Crippen LogP contribution in [0.2, 0.25) is 0 Å². The fraction of sp³-hybridized carbons (Fsp3) is 0.214.